The first-order chi connectivity index (χ1) is 22.7. The van der Waals surface area contributed by atoms with Crippen molar-refractivity contribution in [3.05, 3.63) is 73.9 Å². The van der Waals surface area contributed by atoms with Crippen LogP contribution in [0, 0.1) is 27.2 Å². The number of hydrogen-bond donors (Lipinski definition) is 1. The number of likely N-dealkylation sites (tertiary alicyclic amines) is 2. The summed E-state index contributed by atoms with van der Waals surface area (Å²) in [5.74, 6) is 0.457. The highest BCUT2D eigenvalue weighted by atomic mass is 127. The Morgan fingerprint density at radius 1 is 1.09 bits per heavy atom. The molecule has 0 unspecified atom stereocenters. The van der Waals surface area contributed by atoms with Crippen molar-refractivity contribution < 1.29 is 24.2 Å². The molecule has 3 fully saturated rings. The summed E-state index contributed by atoms with van der Waals surface area (Å²) in [4.78, 5) is 32.3. The molecule has 1 aliphatic carbocycles. The number of halogens is 1. The Labute approximate surface area is 293 Å². The van der Waals surface area contributed by atoms with Crippen LogP contribution in [-0.2, 0) is 20.9 Å². The van der Waals surface area contributed by atoms with Gasteiger partial charge in [0.15, 0.2) is 11.5 Å². The number of allylic oxidation sites excluding steroid dienone is 2. The molecule has 8 heteroatoms. The van der Waals surface area contributed by atoms with Gasteiger partial charge in [0, 0.05) is 31.6 Å². The predicted octanol–water partition coefficient (Wildman–Crippen LogP) is 7.61. The summed E-state index contributed by atoms with van der Waals surface area (Å²) in [6, 6.07) is 14.4. The number of methoxy groups -OCH3 is 1. The Bertz CT molecular complexity index is 1530. The fraction of sp³-hybridized carbons (Fsp3) is 0.538. The monoisotopic (exact) mass is 752 g/mol. The zero-order chi connectivity index (χ0) is 33.2. The third-order valence-electron chi connectivity index (χ3n) is 10.8. The molecule has 7 nitrogen and oxygen atoms in total. The summed E-state index contributed by atoms with van der Waals surface area (Å²) in [5.41, 5.74) is 6.28. The zero-order valence-corrected chi connectivity index (χ0v) is 30.4. The lowest BCUT2D eigenvalue weighted by Gasteiger charge is -2.36. The first kappa shape index (κ1) is 34.2. The van der Waals surface area contributed by atoms with Crippen molar-refractivity contribution in [2.45, 2.75) is 84.4 Å². The van der Waals surface area contributed by atoms with E-state index in [0.717, 1.165) is 67.3 Å². The molecule has 3 saturated heterocycles. The van der Waals surface area contributed by atoms with Crippen LogP contribution in [0.3, 0.4) is 0 Å². The second kappa shape index (κ2) is 14.8. The van der Waals surface area contributed by atoms with Gasteiger partial charge < -0.3 is 14.6 Å². The van der Waals surface area contributed by atoms with Crippen LogP contribution in [0.25, 0.3) is 6.08 Å². The number of carbonyl (C=O) groups is 2. The van der Waals surface area contributed by atoms with E-state index in [-0.39, 0.29) is 47.5 Å². The van der Waals surface area contributed by atoms with Crippen LogP contribution >= 0.6 is 22.6 Å². The lowest BCUT2D eigenvalue weighted by Crippen LogP contribution is -2.47. The number of rotatable bonds is 11. The number of piperidine rings is 1. The second-order valence-electron chi connectivity index (χ2n) is 14.1. The third-order valence-corrected chi connectivity index (χ3v) is 11.6. The first-order valence-corrected chi connectivity index (χ1v) is 18.5. The molecule has 4 atom stereocenters. The van der Waals surface area contributed by atoms with E-state index in [2.05, 4.69) is 78.6 Å². The molecular formula is C39H49IN2O5. The number of amides is 2. The Kier molecular flexibility index (Phi) is 10.8. The molecule has 47 heavy (non-hydrogen) atoms. The van der Waals surface area contributed by atoms with Crippen molar-refractivity contribution in [1.29, 1.82) is 0 Å². The van der Waals surface area contributed by atoms with Gasteiger partial charge in [-0.2, -0.15) is 0 Å². The van der Waals surface area contributed by atoms with Gasteiger partial charge in [-0.1, -0.05) is 74.7 Å². The molecule has 1 N–H and O–H groups in total. The van der Waals surface area contributed by atoms with Crippen molar-refractivity contribution in [3.63, 3.8) is 0 Å². The van der Waals surface area contributed by atoms with Crippen molar-refractivity contribution >= 4 is 40.5 Å². The molecule has 252 valence electrons. The molecule has 0 saturated carbocycles. The smallest absolute Gasteiger partial charge is 0.234 e. The summed E-state index contributed by atoms with van der Waals surface area (Å²) in [6.45, 7) is 9.84. The Hall–Kier alpha value is -2.69. The number of fused-ring (bicyclic) bond motifs is 3. The van der Waals surface area contributed by atoms with Crippen LogP contribution in [0.4, 0.5) is 0 Å². The van der Waals surface area contributed by atoms with Gasteiger partial charge in [0.25, 0.3) is 0 Å². The fourth-order valence-corrected chi connectivity index (χ4v) is 9.12. The highest BCUT2D eigenvalue weighted by Crippen LogP contribution is 2.52. The van der Waals surface area contributed by atoms with Gasteiger partial charge in [-0.05, 0) is 95.9 Å². The van der Waals surface area contributed by atoms with Crippen molar-refractivity contribution in [2.75, 3.05) is 26.8 Å². The molecule has 3 aliphatic heterocycles. The highest BCUT2D eigenvalue weighted by molar-refractivity contribution is 14.1. The number of nitrogens with zero attached hydrogens (tertiary/aromatic N) is 2. The number of imide groups is 1. The minimum atomic E-state index is -0.301. The summed E-state index contributed by atoms with van der Waals surface area (Å²) >= 11 is 2.14. The Morgan fingerprint density at radius 2 is 1.83 bits per heavy atom. The average molecular weight is 753 g/mol. The summed E-state index contributed by atoms with van der Waals surface area (Å²) in [6.07, 6.45) is 8.27. The highest BCUT2D eigenvalue weighted by Gasteiger charge is 2.58. The molecule has 0 bridgehead atoms. The van der Waals surface area contributed by atoms with Crippen molar-refractivity contribution in [2.24, 2.45) is 23.7 Å². The van der Waals surface area contributed by atoms with Crippen LogP contribution in [0.15, 0.2) is 59.2 Å². The largest absolute Gasteiger partial charge is 0.504 e. The van der Waals surface area contributed by atoms with Crippen LogP contribution in [0.1, 0.15) is 76.8 Å². The van der Waals surface area contributed by atoms with Crippen LogP contribution < -0.4 is 4.74 Å². The third kappa shape index (κ3) is 7.06. The van der Waals surface area contributed by atoms with Crippen LogP contribution in [-0.4, -0.2) is 65.7 Å². The average Bonchev–Trinajstić information content (AvgIpc) is 3.59. The van der Waals surface area contributed by atoms with Gasteiger partial charge in [0.2, 0.25) is 11.8 Å². The van der Waals surface area contributed by atoms with Gasteiger partial charge >= 0.3 is 0 Å². The molecule has 4 aliphatic rings. The van der Waals surface area contributed by atoms with E-state index in [1.54, 1.807) is 12.0 Å². The van der Waals surface area contributed by atoms with E-state index in [4.69, 9.17) is 9.47 Å². The number of aromatic hydroxyl groups is 1. The molecule has 6 rings (SSSR count). The molecule has 2 aromatic carbocycles. The molecule has 0 aromatic heterocycles. The number of carbonyl (C=O) groups excluding carboxylic acids is 2. The SMILES string of the molecule is CCC/C(=C\c1cc(I)c(O)c(OC)c1)CC[C@H]1OC[C@H]2C1=C(C(C)C)C[C@H]1C(=O)N(C3CCN(Cc4ccccc4)CC3)C(=O)[C@H]12. The van der Waals surface area contributed by atoms with Gasteiger partial charge in [-0.3, -0.25) is 19.4 Å². The summed E-state index contributed by atoms with van der Waals surface area (Å²) < 4.78 is 12.7. The van der Waals surface area contributed by atoms with E-state index in [1.165, 1.54) is 22.3 Å². The maximum absolute atomic E-state index is 14.2. The molecule has 2 amide bonds. The van der Waals surface area contributed by atoms with E-state index < -0.39 is 0 Å². The summed E-state index contributed by atoms with van der Waals surface area (Å²) in [7, 11) is 1.58. The molecule has 0 radical (unpaired) electrons. The molecule has 3 heterocycles. The van der Waals surface area contributed by atoms with Crippen LogP contribution in [0.2, 0.25) is 0 Å². The number of hydrogen-bond acceptors (Lipinski definition) is 6. The minimum Gasteiger partial charge on any atom is -0.504 e. The quantitative estimate of drug-likeness (QED) is 0.145. The second-order valence-corrected chi connectivity index (χ2v) is 15.2. The Balaban J connectivity index is 1.16. The topological polar surface area (TPSA) is 79.3 Å². The number of phenolic OH excluding ortho intramolecular Hbond substituents is 1. The fourth-order valence-electron chi connectivity index (χ4n) is 8.50. The molecule has 0 spiro atoms. The molecular weight excluding hydrogens is 703 g/mol. The van der Waals surface area contributed by atoms with Crippen molar-refractivity contribution in [1.82, 2.24) is 9.80 Å². The first-order valence-electron chi connectivity index (χ1n) is 17.4. The zero-order valence-electron chi connectivity index (χ0n) is 28.2. The van der Waals surface area contributed by atoms with Gasteiger partial charge in [-0.15, -0.1) is 0 Å². The minimum absolute atomic E-state index is 0.0139. The number of ether oxygens (including phenoxy) is 2. The van der Waals surface area contributed by atoms with Crippen LogP contribution in [0.5, 0.6) is 11.5 Å². The van der Waals surface area contributed by atoms with E-state index in [0.29, 0.717) is 24.7 Å². The maximum Gasteiger partial charge on any atom is 0.234 e. The number of benzene rings is 2. The lowest BCUT2D eigenvalue weighted by molar-refractivity contribution is -0.144. The van der Waals surface area contributed by atoms with E-state index >= 15 is 0 Å². The van der Waals surface area contributed by atoms with Crippen molar-refractivity contribution in [3.8, 4) is 11.5 Å². The maximum atomic E-state index is 14.2. The van der Waals surface area contributed by atoms with Gasteiger partial charge in [0.05, 0.1) is 35.2 Å². The predicted molar refractivity (Wildman–Crippen MR) is 193 cm³/mol. The molecule has 2 aromatic rings. The standard InChI is InChI=1S/C39H49IN2O5/c1-5-9-25(18-27-19-32(40)37(43)34(20-27)46-4)12-13-33-35-29(24(2)3)21-30-36(31(35)23-47-33)39(45)42(38(30)44)28-14-16-41(17-15-28)22-26-10-7-6-8-11-26/h6-8,10-11,18-20,24,28,30-31,33,36,43H,5,9,12-17,21-23H2,1-4H3/b25-18+/t30-,31+,33-,36-/m1/s1. The summed E-state index contributed by atoms with van der Waals surface area (Å²) in [5, 5.41) is 10.3. The van der Waals surface area contributed by atoms with Gasteiger partial charge in [-0.25, -0.2) is 0 Å². The van der Waals surface area contributed by atoms with Gasteiger partial charge in [0.1, 0.15) is 0 Å². The normalized spacial score (nSPS) is 25.6. The number of phenols is 1. The lowest BCUT2D eigenvalue weighted by atomic mass is 9.67. The van der Waals surface area contributed by atoms with E-state index in [1.807, 2.05) is 18.2 Å². The Morgan fingerprint density at radius 3 is 2.51 bits per heavy atom. The van der Waals surface area contributed by atoms with E-state index in [9.17, 15) is 14.7 Å².